The van der Waals surface area contributed by atoms with Gasteiger partial charge in [0.25, 0.3) is 0 Å². The van der Waals surface area contributed by atoms with E-state index >= 15 is 0 Å². The van der Waals surface area contributed by atoms with Crippen LogP contribution >= 0.6 is 12.6 Å². The number of rotatable bonds is 4. The minimum absolute atomic E-state index is 0.125. The fraction of sp³-hybridized carbons (Fsp3) is 0.462. The molecular weight excluding hydrogens is 475 g/mol. The van der Waals surface area contributed by atoms with Crippen LogP contribution in [0.5, 0.6) is 0 Å². The highest BCUT2D eigenvalue weighted by molar-refractivity contribution is 7.80. The predicted molar refractivity (Wildman–Crippen MR) is 129 cm³/mol. The first-order chi connectivity index (χ1) is 16.7. The number of nitrogens with zero attached hydrogens (tertiary/aromatic N) is 2. The first kappa shape index (κ1) is 24.3. The van der Waals surface area contributed by atoms with E-state index in [1.807, 2.05) is 12.1 Å². The fourth-order valence-electron chi connectivity index (χ4n) is 5.60. The van der Waals surface area contributed by atoms with E-state index in [9.17, 15) is 22.8 Å². The number of halogens is 3. The molecule has 186 valence electrons. The van der Waals surface area contributed by atoms with Crippen LogP contribution in [-0.4, -0.2) is 40.7 Å². The quantitative estimate of drug-likeness (QED) is 0.472. The summed E-state index contributed by atoms with van der Waals surface area (Å²) in [7, 11) is 0. The van der Waals surface area contributed by atoms with Gasteiger partial charge in [-0.25, -0.2) is 0 Å². The lowest BCUT2D eigenvalue weighted by Crippen LogP contribution is -2.51. The van der Waals surface area contributed by atoms with Crippen LogP contribution in [0.2, 0.25) is 0 Å². The summed E-state index contributed by atoms with van der Waals surface area (Å²) in [6.45, 7) is 2.98. The highest BCUT2D eigenvalue weighted by atomic mass is 32.1. The van der Waals surface area contributed by atoms with E-state index in [1.165, 1.54) is 23.3 Å². The van der Waals surface area contributed by atoms with Gasteiger partial charge in [-0.2, -0.15) is 25.8 Å². The van der Waals surface area contributed by atoms with Crippen molar-refractivity contribution in [2.45, 2.75) is 62.3 Å². The standard InChI is InChI=1S/C26H28F3N3O2S/c27-26(28,29)19-5-1-3-17(13-19)16-9-11-31(12-10-16)14-18-4-2-6-20-21(18)15-32(25(20)35)22-7-8-23(33)30-24(22)34/h1-6,13,16,22,25,35H,7-12,14-15H2,(H,30,33,34). The molecule has 1 N–H and O–H groups in total. The number of fused-ring (bicyclic) bond motifs is 1. The zero-order valence-electron chi connectivity index (χ0n) is 19.2. The van der Waals surface area contributed by atoms with E-state index in [1.54, 1.807) is 6.07 Å². The number of likely N-dealkylation sites (tertiary alicyclic amines) is 1. The first-order valence-electron chi connectivity index (χ1n) is 12.0. The van der Waals surface area contributed by atoms with Crippen LogP contribution in [0.25, 0.3) is 0 Å². The minimum atomic E-state index is -4.32. The number of carbonyl (C=O) groups is 2. The van der Waals surface area contributed by atoms with E-state index in [2.05, 4.69) is 21.2 Å². The molecule has 0 spiro atoms. The zero-order valence-corrected chi connectivity index (χ0v) is 20.1. The van der Waals surface area contributed by atoms with E-state index in [0.29, 0.717) is 19.4 Å². The van der Waals surface area contributed by atoms with Gasteiger partial charge >= 0.3 is 6.18 Å². The van der Waals surface area contributed by atoms with Crippen molar-refractivity contribution < 1.29 is 22.8 Å². The largest absolute Gasteiger partial charge is 0.416 e. The van der Waals surface area contributed by atoms with Crippen molar-refractivity contribution in [3.8, 4) is 0 Å². The molecule has 2 aromatic carbocycles. The molecule has 0 aromatic heterocycles. The minimum Gasteiger partial charge on any atom is -0.299 e. The van der Waals surface area contributed by atoms with Gasteiger partial charge in [0.1, 0.15) is 0 Å². The smallest absolute Gasteiger partial charge is 0.299 e. The molecule has 0 aliphatic carbocycles. The van der Waals surface area contributed by atoms with Crippen molar-refractivity contribution in [1.82, 2.24) is 15.1 Å². The molecule has 3 heterocycles. The maximum Gasteiger partial charge on any atom is 0.416 e. The van der Waals surface area contributed by atoms with E-state index in [0.717, 1.165) is 49.7 Å². The van der Waals surface area contributed by atoms with Crippen molar-refractivity contribution in [1.29, 1.82) is 0 Å². The highest BCUT2D eigenvalue weighted by Crippen LogP contribution is 2.41. The fourth-order valence-corrected chi connectivity index (χ4v) is 6.08. The highest BCUT2D eigenvalue weighted by Gasteiger charge is 2.40. The monoisotopic (exact) mass is 503 g/mol. The Morgan fingerprint density at radius 2 is 1.77 bits per heavy atom. The summed E-state index contributed by atoms with van der Waals surface area (Å²) < 4.78 is 39.3. The van der Waals surface area contributed by atoms with Crippen molar-refractivity contribution in [2.24, 2.45) is 0 Å². The molecule has 2 saturated heterocycles. The number of thiol groups is 1. The second kappa shape index (κ2) is 9.59. The lowest BCUT2D eigenvalue weighted by molar-refractivity contribution is -0.138. The van der Waals surface area contributed by atoms with Crippen LogP contribution in [-0.2, 0) is 28.9 Å². The summed E-state index contributed by atoms with van der Waals surface area (Å²) in [5, 5.41) is 2.23. The van der Waals surface area contributed by atoms with Gasteiger partial charge in [0.15, 0.2) is 0 Å². The Morgan fingerprint density at radius 1 is 1.03 bits per heavy atom. The summed E-state index contributed by atoms with van der Waals surface area (Å²) >= 11 is 4.80. The molecule has 2 atom stereocenters. The molecule has 35 heavy (non-hydrogen) atoms. The van der Waals surface area contributed by atoms with Crippen LogP contribution in [0.15, 0.2) is 42.5 Å². The predicted octanol–water partition coefficient (Wildman–Crippen LogP) is 4.63. The molecule has 5 rings (SSSR count). The summed E-state index contributed by atoms with van der Waals surface area (Å²) in [5.74, 6) is -0.362. The molecule has 3 aliphatic rings. The molecule has 2 unspecified atom stereocenters. The van der Waals surface area contributed by atoms with E-state index < -0.39 is 11.7 Å². The third-order valence-electron chi connectivity index (χ3n) is 7.52. The van der Waals surface area contributed by atoms with Gasteiger partial charge in [-0.15, -0.1) is 0 Å². The van der Waals surface area contributed by atoms with Crippen LogP contribution < -0.4 is 5.32 Å². The Labute approximate surface area is 208 Å². The summed E-state index contributed by atoms with van der Waals surface area (Å²) in [6, 6.07) is 11.5. The molecule has 0 radical (unpaired) electrons. The number of nitrogens with one attached hydrogen (secondary N) is 1. The van der Waals surface area contributed by atoms with Gasteiger partial charge in [0, 0.05) is 19.5 Å². The molecule has 5 nitrogen and oxygen atoms in total. The topological polar surface area (TPSA) is 52.7 Å². The summed E-state index contributed by atoms with van der Waals surface area (Å²) in [4.78, 5) is 28.4. The molecule has 0 saturated carbocycles. The number of amides is 2. The number of carbonyl (C=O) groups excluding carboxylic acids is 2. The normalized spacial score (nSPS) is 24.5. The van der Waals surface area contributed by atoms with Crippen LogP contribution in [0.4, 0.5) is 13.2 Å². The van der Waals surface area contributed by atoms with Crippen molar-refractivity contribution in [3.63, 3.8) is 0 Å². The molecule has 2 aromatic rings. The number of alkyl halides is 3. The van der Waals surface area contributed by atoms with Crippen LogP contribution in [0, 0.1) is 0 Å². The second-order valence-electron chi connectivity index (χ2n) is 9.67. The third-order valence-corrected chi connectivity index (χ3v) is 8.09. The SMILES string of the molecule is O=C1CCC(N2Cc3c(CN4CCC(c5cccc(C(F)(F)F)c5)CC4)cccc3C2S)C(=O)N1. The van der Waals surface area contributed by atoms with E-state index in [4.69, 9.17) is 12.6 Å². The van der Waals surface area contributed by atoms with Gasteiger partial charge in [-0.05, 0) is 66.6 Å². The molecule has 9 heteroatoms. The van der Waals surface area contributed by atoms with Gasteiger partial charge in [0.05, 0.1) is 17.0 Å². The first-order valence-corrected chi connectivity index (χ1v) is 12.5. The van der Waals surface area contributed by atoms with Gasteiger partial charge in [0.2, 0.25) is 11.8 Å². The Hall–Kier alpha value is -2.36. The molecule has 3 aliphatic heterocycles. The second-order valence-corrected chi connectivity index (χ2v) is 10.2. The molecule has 0 bridgehead atoms. The van der Waals surface area contributed by atoms with Crippen molar-refractivity contribution in [2.75, 3.05) is 13.1 Å². The summed E-state index contributed by atoms with van der Waals surface area (Å²) in [6.07, 6.45) is -1.87. The summed E-state index contributed by atoms with van der Waals surface area (Å²) in [5.41, 5.74) is 3.64. The number of hydrogen-bond acceptors (Lipinski definition) is 5. The number of piperidine rings is 2. The van der Waals surface area contributed by atoms with Crippen molar-refractivity contribution >= 4 is 24.4 Å². The average molecular weight is 504 g/mol. The lowest BCUT2D eigenvalue weighted by Gasteiger charge is -2.33. The number of benzene rings is 2. The molecule has 2 amide bonds. The van der Waals surface area contributed by atoms with Crippen molar-refractivity contribution in [3.05, 3.63) is 70.3 Å². The maximum absolute atomic E-state index is 13.1. The Balaban J connectivity index is 1.24. The molecular formula is C26H28F3N3O2S. The molecule has 2 fully saturated rings. The van der Waals surface area contributed by atoms with Gasteiger partial charge < -0.3 is 0 Å². The van der Waals surface area contributed by atoms with Crippen LogP contribution in [0.1, 0.15) is 64.8 Å². The van der Waals surface area contributed by atoms with Gasteiger partial charge in [-0.1, -0.05) is 36.4 Å². The van der Waals surface area contributed by atoms with E-state index in [-0.39, 0.29) is 29.1 Å². The number of imide groups is 1. The average Bonchev–Trinajstić information content (AvgIpc) is 3.16. The Bertz CT molecular complexity index is 1130. The van der Waals surface area contributed by atoms with Crippen LogP contribution in [0.3, 0.4) is 0 Å². The number of hydrogen-bond donors (Lipinski definition) is 2. The third kappa shape index (κ3) is 4.99. The maximum atomic E-state index is 13.1. The van der Waals surface area contributed by atoms with Gasteiger partial charge in [-0.3, -0.25) is 24.7 Å². The lowest BCUT2D eigenvalue weighted by atomic mass is 9.88. The Morgan fingerprint density at radius 3 is 2.49 bits per heavy atom. The zero-order chi connectivity index (χ0) is 24.7. The Kier molecular flexibility index (Phi) is 6.67.